The van der Waals surface area contributed by atoms with Gasteiger partial charge in [0.1, 0.15) is 17.4 Å². The van der Waals surface area contributed by atoms with Gasteiger partial charge >= 0.3 is 0 Å². The Bertz CT molecular complexity index is 590. The number of furan rings is 1. The van der Waals surface area contributed by atoms with E-state index in [2.05, 4.69) is 6.92 Å². The van der Waals surface area contributed by atoms with E-state index in [1.807, 2.05) is 24.3 Å². The SMILES string of the molecule is CCC1CCCC(C(O)c2cc3cc(Cl)ccc3o2)C1. The second-order valence-corrected chi connectivity index (χ2v) is 6.41. The topological polar surface area (TPSA) is 33.4 Å². The molecule has 0 radical (unpaired) electrons. The Labute approximate surface area is 124 Å². The van der Waals surface area contributed by atoms with Gasteiger partial charge in [0.05, 0.1) is 0 Å². The summed E-state index contributed by atoms with van der Waals surface area (Å²) in [6.45, 7) is 2.24. The lowest BCUT2D eigenvalue weighted by Gasteiger charge is -2.30. The minimum atomic E-state index is -0.490. The van der Waals surface area contributed by atoms with Crippen molar-refractivity contribution in [2.75, 3.05) is 0 Å². The summed E-state index contributed by atoms with van der Waals surface area (Å²) in [5.41, 5.74) is 0.798. The van der Waals surface area contributed by atoms with Gasteiger partial charge in [-0.3, -0.25) is 0 Å². The molecule has 1 saturated carbocycles. The van der Waals surface area contributed by atoms with Crippen LogP contribution < -0.4 is 0 Å². The van der Waals surface area contributed by atoms with Gasteiger partial charge in [0.2, 0.25) is 0 Å². The maximum Gasteiger partial charge on any atom is 0.134 e. The maximum atomic E-state index is 10.6. The molecule has 1 heterocycles. The summed E-state index contributed by atoms with van der Waals surface area (Å²) in [5, 5.41) is 12.3. The van der Waals surface area contributed by atoms with Crippen LogP contribution >= 0.6 is 11.6 Å². The Morgan fingerprint density at radius 3 is 3.00 bits per heavy atom. The zero-order valence-electron chi connectivity index (χ0n) is 11.8. The zero-order valence-corrected chi connectivity index (χ0v) is 12.6. The third kappa shape index (κ3) is 2.72. The second kappa shape index (κ2) is 5.79. The predicted molar refractivity (Wildman–Crippen MR) is 81.9 cm³/mol. The highest BCUT2D eigenvalue weighted by molar-refractivity contribution is 6.31. The van der Waals surface area contributed by atoms with Crippen molar-refractivity contribution in [3.05, 3.63) is 35.0 Å². The van der Waals surface area contributed by atoms with E-state index in [-0.39, 0.29) is 0 Å². The summed E-state index contributed by atoms with van der Waals surface area (Å²) >= 11 is 5.99. The second-order valence-electron chi connectivity index (χ2n) is 5.98. The number of halogens is 1. The lowest BCUT2D eigenvalue weighted by atomic mass is 9.77. The molecule has 2 nitrogen and oxygen atoms in total. The zero-order chi connectivity index (χ0) is 14.1. The van der Waals surface area contributed by atoms with Crippen molar-refractivity contribution in [3.63, 3.8) is 0 Å². The molecular formula is C17H21ClO2. The Balaban J connectivity index is 1.82. The molecule has 3 rings (SSSR count). The van der Waals surface area contributed by atoms with Gasteiger partial charge in [0.15, 0.2) is 0 Å². The van der Waals surface area contributed by atoms with Crippen molar-refractivity contribution in [1.82, 2.24) is 0 Å². The van der Waals surface area contributed by atoms with Crippen molar-refractivity contribution >= 4 is 22.6 Å². The van der Waals surface area contributed by atoms with Gasteiger partial charge < -0.3 is 9.52 Å². The highest BCUT2D eigenvalue weighted by Gasteiger charge is 2.29. The Hall–Kier alpha value is -0.990. The van der Waals surface area contributed by atoms with E-state index in [0.717, 1.165) is 29.7 Å². The number of hydrogen-bond donors (Lipinski definition) is 1. The maximum absolute atomic E-state index is 10.6. The first-order valence-electron chi connectivity index (χ1n) is 7.54. The van der Waals surface area contributed by atoms with Gasteiger partial charge in [-0.1, -0.05) is 37.8 Å². The van der Waals surface area contributed by atoms with Crippen molar-refractivity contribution in [1.29, 1.82) is 0 Å². The Morgan fingerprint density at radius 2 is 2.20 bits per heavy atom. The lowest BCUT2D eigenvalue weighted by Crippen LogP contribution is -2.21. The molecule has 1 aromatic carbocycles. The van der Waals surface area contributed by atoms with Crippen LogP contribution in [0.5, 0.6) is 0 Å². The summed E-state index contributed by atoms with van der Waals surface area (Å²) in [7, 11) is 0. The molecule has 0 amide bonds. The summed E-state index contributed by atoms with van der Waals surface area (Å²) in [5.74, 6) is 1.76. The van der Waals surface area contributed by atoms with Crippen LogP contribution in [-0.4, -0.2) is 5.11 Å². The molecule has 1 fully saturated rings. The Kier molecular flexibility index (Phi) is 4.04. The Morgan fingerprint density at radius 1 is 1.35 bits per heavy atom. The quantitative estimate of drug-likeness (QED) is 0.829. The van der Waals surface area contributed by atoms with Gasteiger partial charge in [-0.2, -0.15) is 0 Å². The average Bonchev–Trinajstić information content (AvgIpc) is 2.89. The number of rotatable bonds is 3. The van der Waals surface area contributed by atoms with E-state index in [4.69, 9.17) is 16.0 Å². The fourth-order valence-electron chi connectivity index (χ4n) is 3.40. The van der Waals surface area contributed by atoms with Gasteiger partial charge in [-0.25, -0.2) is 0 Å². The van der Waals surface area contributed by atoms with Gasteiger partial charge in [0.25, 0.3) is 0 Å². The largest absolute Gasteiger partial charge is 0.458 e. The lowest BCUT2D eigenvalue weighted by molar-refractivity contribution is 0.0520. The van der Waals surface area contributed by atoms with E-state index in [1.165, 1.54) is 19.3 Å². The molecule has 2 aromatic rings. The van der Waals surface area contributed by atoms with Crippen LogP contribution in [0.25, 0.3) is 11.0 Å². The van der Waals surface area contributed by atoms with Crippen LogP contribution in [0.4, 0.5) is 0 Å². The van der Waals surface area contributed by atoms with Crippen molar-refractivity contribution < 1.29 is 9.52 Å². The van der Waals surface area contributed by atoms with Crippen LogP contribution in [0.15, 0.2) is 28.7 Å². The van der Waals surface area contributed by atoms with E-state index >= 15 is 0 Å². The van der Waals surface area contributed by atoms with Crippen LogP contribution in [0, 0.1) is 11.8 Å². The monoisotopic (exact) mass is 292 g/mol. The molecular weight excluding hydrogens is 272 g/mol. The van der Waals surface area contributed by atoms with Gasteiger partial charge in [-0.15, -0.1) is 0 Å². The summed E-state index contributed by atoms with van der Waals surface area (Å²) in [6.07, 6.45) is 5.43. The predicted octanol–water partition coefficient (Wildman–Crippen LogP) is 5.34. The molecule has 1 N–H and O–H groups in total. The molecule has 1 aromatic heterocycles. The number of benzene rings is 1. The van der Waals surface area contributed by atoms with Crippen LogP contribution in [0.2, 0.25) is 5.02 Å². The van der Waals surface area contributed by atoms with Gasteiger partial charge in [-0.05, 0) is 48.9 Å². The van der Waals surface area contributed by atoms with E-state index in [9.17, 15) is 5.11 Å². The third-order valence-corrected chi connectivity index (χ3v) is 4.87. The minimum absolute atomic E-state index is 0.324. The third-order valence-electron chi connectivity index (χ3n) is 4.64. The molecule has 0 saturated heterocycles. The molecule has 0 aliphatic heterocycles. The first-order valence-corrected chi connectivity index (χ1v) is 7.92. The summed E-state index contributed by atoms with van der Waals surface area (Å²) in [4.78, 5) is 0. The molecule has 20 heavy (non-hydrogen) atoms. The number of aliphatic hydroxyl groups is 1. The molecule has 3 atom stereocenters. The normalized spacial score (nSPS) is 24.9. The van der Waals surface area contributed by atoms with Crippen molar-refractivity contribution in [2.45, 2.75) is 45.1 Å². The number of aliphatic hydroxyl groups excluding tert-OH is 1. The minimum Gasteiger partial charge on any atom is -0.458 e. The average molecular weight is 293 g/mol. The fourth-order valence-corrected chi connectivity index (χ4v) is 3.58. The number of hydrogen-bond acceptors (Lipinski definition) is 2. The van der Waals surface area contributed by atoms with E-state index < -0.39 is 6.10 Å². The van der Waals surface area contributed by atoms with Crippen molar-refractivity contribution in [3.8, 4) is 0 Å². The molecule has 1 aliphatic rings. The molecule has 0 spiro atoms. The van der Waals surface area contributed by atoms with Crippen LogP contribution in [0.3, 0.4) is 0 Å². The first-order chi connectivity index (χ1) is 9.67. The van der Waals surface area contributed by atoms with Crippen LogP contribution in [0.1, 0.15) is 50.9 Å². The van der Waals surface area contributed by atoms with E-state index in [1.54, 1.807) is 0 Å². The van der Waals surface area contributed by atoms with Gasteiger partial charge in [0, 0.05) is 10.4 Å². The van der Waals surface area contributed by atoms with Crippen molar-refractivity contribution in [2.24, 2.45) is 11.8 Å². The molecule has 0 bridgehead atoms. The molecule has 1 aliphatic carbocycles. The summed E-state index contributed by atoms with van der Waals surface area (Å²) < 4.78 is 5.80. The smallest absolute Gasteiger partial charge is 0.134 e. The first kappa shape index (κ1) is 14.0. The summed E-state index contributed by atoms with van der Waals surface area (Å²) in [6, 6.07) is 7.49. The molecule has 3 heteroatoms. The van der Waals surface area contributed by atoms with Crippen LogP contribution in [-0.2, 0) is 0 Å². The number of fused-ring (bicyclic) bond motifs is 1. The fraction of sp³-hybridized carbons (Fsp3) is 0.529. The van der Waals surface area contributed by atoms with E-state index in [0.29, 0.717) is 16.7 Å². The molecule has 108 valence electrons. The standard InChI is InChI=1S/C17H21ClO2/c1-2-11-4-3-5-12(8-11)17(19)16-10-13-9-14(18)6-7-15(13)20-16/h6-7,9-12,17,19H,2-5,8H2,1H3. The molecule has 3 unspecified atom stereocenters. The highest BCUT2D eigenvalue weighted by Crippen LogP contribution is 2.39. The highest BCUT2D eigenvalue weighted by atomic mass is 35.5.